The van der Waals surface area contributed by atoms with Crippen molar-refractivity contribution in [2.75, 3.05) is 12.0 Å². The van der Waals surface area contributed by atoms with Crippen LogP contribution in [0.15, 0.2) is 18.3 Å². The lowest BCUT2D eigenvalue weighted by molar-refractivity contribution is -0.126. The van der Waals surface area contributed by atoms with E-state index in [0.29, 0.717) is 12.1 Å². The van der Waals surface area contributed by atoms with E-state index in [9.17, 15) is 14.3 Å². The zero-order chi connectivity index (χ0) is 13.8. The number of alkyl halides is 1. The van der Waals surface area contributed by atoms with Gasteiger partial charge in [0.15, 0.2) is 0 Å². The first-order valence-corrected chi connectivity index (χ1v) is 6.26. The standard InChI is InChI=1S/C13H17FN2O3/c1-8-2-3-12(19-8)13(18)16-9-4-5-15-10(6-9)11(17)7-14/h4-6,8,11-12,17H,2-3,7H2,1H3,(H,15,16,18). The number of rotatable bonds is 4. The highest BCUT2D eigenvalue weighted by Gasteiger charge is 2.28. The van der Waals surface area contributed by atoms with E-state index in [2.05, 4.69) is 10.3 Å². The average molecular weight is 268 g/mol. The molecule has 3 unspecified atom stereocenters. The number of carbonyl (C=O) groups excluding carboxylic acids is 1. The first-order chi connectivity index (χ1) is 9.10. The van der Waals surface area contributed by atoms with Crippen LogP contribution in [0, 0.1) is 0 Å². The van der Waals surface area contributed by atoms with Crippen LogP contribution in [0.25, 0.3) is 0 Å². The van der Waals surface area contributed by atoms with Gasteiger partial charge < -0.3 is 15.2 Å². The lowest BCUT2D eigenvalue weighted by atomic mass is 10.2. The second-order valence-corrected chi connectivity index (χ2v) is 4.64. The molecule has 0 spiro atoms. The molecule has 0 bridgehead atoms. The number of nitrogens with zero attached hydrogens (tertiary/aromatic N) is 1. The molecule has 6 heteroatoms. The summed E-state index contributed by atoms with van der Waals surface area (Å²) in [5, 5.41) is 12.0. The topological polar surface area (TPSA) is 71.5 Å². The van der Waals surface area contributed by atoms with Gasteiger partial charge in [-0.1, -0.05) is 0 Å². The molecule has 5 nitrogen and oxygen atoms in total. The van der Waals surface area contributed by atoms with Crippen LogP contribution in [-0.4, -0.2) is 34.9 Å². The molecule has 0 aliphatic carbocycles. The van der Waals surface area contributed by atoms with E-state index in [4.69, 9.17) is 4.74 Å². The van der Waals surface area contributed by atoms with Gasteiger partial charge in [-0.3, -0.25) is 9.78 Å². The molecule has 0 aromatic carbocycles. The Morgan fingerprint density at radius 3 is 3.11 bits per heavy atom. The molecule has 1 aromatic rings. The van der Waals surface area contributed by atoms with Gasteiger partial charge in [-0.25, -0.2) is 4.39 Å². The Labute approximate surface area is 110 Å². The van der Waals surface area contributed by atoms with E-state index >= 15 is 0 Å². The third-order valence-corrected chi connectivity index (χ3v) is 3.06. The fourth-order valence-electron chi connectivity index (χ4n) is 2.01. The number of anilines is 1. The number of carbonyl (C=O) groups is 1. The minimum atomic E-state index is -1.26. The maximum Gasteiger partial charge on any atom is 0.253 e. The monoisotopic (exact) mass is 268 g/mol. The van der Waals surface area contributed by atoms with E-state index < -0.39 is 18.9 Å². The lowest BCUT2D eigenvalue weighted by Gasteiger charge is -2.13. The summed E-state index contributed by atoms with van der Waals surface area (Å²) in [4.78, 5) is 15.8. The second kappa shape index (κ2) is 6.08. The minimum absolute atomic E-state index is 0.0945. The molecule has 19 heavy (non-hydrogen) atoms. The van der Waals surface area contributed by atoms with Gasteiger partial charge in [0.1, 0.15) is 18.9 Å². The van der Waals surface area contributed by atoms with Gasteiger partial charge in [0.05, 0.1) is 11.8 Å². The van der Waals surface area contributed by atoms with Gasteiger partial charge in [0.25, 0.3) is 5.91 Å². The number of aromatic nitrogens is 1. The number of hydrogen-bond acceptors (Lipinski definition) is 4. The Kier molecular flexibility index (Phi) is 4.44. The van der Waals surface area contributed by atoms with Crippen molar-refractivity contribution in [3.63, 3.8) is 0 Å². The number of amides is 1. The Morgan fingerprint density at radius 2 is 2.47 bits per heavy atom. The number of aliphatic hydroxyl groups is 1. The number of pyridine rings is 1. The molecule has 1 fully saturated rings. The van der Waals surface area contributed by atoms with Crippen LogP contribution < -0.4 is 5.32 Å². The maximum absolute atomic E-state index is 12.4. The Morgan fingerprint density at radius 1 is 1.68 bits per heavy atom. The smallest absolute Gasteiger partial charge is 0.253 e. The van der Waals surface area contributed by atoms with Crippen molar-refractivity contribution in [1.82, 2.24) is 4.98 Å². The summed E-state index contributed by atoms with van der Waals surface area (Å²) in [5.41, 5.74) is 0.673. The van der Waals surface area contributed by atoms with E-state index in [1.54, 1.807) is 6.07 Å². The van der Waals surface area contributed by atoms with Gasteiger partial charge in [-0.05, 0) is 31.9 Å². The molecular formula is C13H17FN2O3. The van der Waals surface area contributed by atoms with Crippen LogP contribution >= 0.6 is 0 Å². The molecule has 1 aliphatic heterocycles. The van der Waals surface area contributed by atoms with Crippen molar-refractivity contribution in [3.05, 3.63) is 24.0 Å². The molecule has 2 heterocycles. The maximum atomic E-state index is 12.4. The zero-order valence-corrected chi connectivity index (χ0v) is 10.7. The molecule has 1 amide bonds. The first kappa shape index (κ1) is 13.9. The summed E-state index contributed by atoms with van der Waals surface area (Å²) < 4.78 is 17.8. The van der Waals surface area contributed by atoms with E-state index in [1.165, 1.54) is 12.3 Å². The van der Waals surface area contributed by atoms with Gasteiger partial charge in [0.2, 0.25) is 0 Å². The predicted molar refractivity (Wildman–Crippen MR) is 67.4 cm³/mol. The van der Waals surface area contributed by atoms with Crippen molar-refractivity contribution in [2.45, 2.75) is 38.1 Å². The number of aliphatic hydroxyl groups excluding tert-OH is 1. The van der Waals surface area contributed by atoms with Gasteiger partial charge in [-0.2, -0.15) is 0 Å². The van der Waals surface area contributed by atoms with Crippen LogP contribution in [-0.2, 0) is 9.53 Å². The fraction of sp³-hybridized carbons (Fsp3) is 0.538. The SMILES string of the molecule is CC1CCC(C(=O)Nc2ccnc(C(O)CF)c2)O1. The minimum Gasteiger partial charge on any atom is -0.384 e. The number of nitrogens with one attached hydrogen (secondary N) is 1. The molecule has 0 saturated carbocycles. The number of hydrogen-bond donors (Lipinski definition) is 2. The van der Waals surface area contributed by atoms with Crippen molar-refractivity contribution in [3.8, 4) is 0 Å². The van der Waals surface area contributed by atoms with E-state index in [0.717, 1.165) is 6.42 Å². The average Bonchev–Trinajstić information content (AvgIpc) is 2.85. The summed E-state index contributed by atoms with van der Waals surface area (Å²) in [6.45, 7) is 1.02. The fourth-order valence-corrected chi connectivity index (χ4v) is 2.01. The highest BCUT2D eigenvalue weighted by atomic mass is 19.1. The molecule has 1 saturated heterocycles. The van der Waals surface area contributed by atoms with Crippen LogP contribution in [0.3, 0.4) is 0 Å². The van der Waals surface area contributed by atoms with Crippen molar-refractivity contribution < 1.29 is 19.0 Å². The van der Waals surface area contributed by atoms with Crippen molar-refractivity contribution in [1.29, 1.82) is 0 Å². The largest absolute Gasteiger partial charge is 0.384 e. The molecule has 1 aliphatic rings. The molecular weight excluding hydrogens is 251 g/mol. The Balaban J connectivity index is 2.00. The molecule has 1 aromatic heterocycles. The quantitative estimate of drug-likeness (QED) is 0.870. The molecule has 2 N–H and O–H groups in total. The Hall–Kier alpha value is -1.53. The third-order valence-electron chi connectivity index (χ3n) is 3.06. The molecule has 0 radical (unpaired) electrons. The second-order valence-electron chi connectivity index (χ2n) is 4.64. The zero-order valence-electron chi connectivity index (χ0n) is 10.7. The van der Waals surface area contributed by atoms with E-state index in [-0.39, 0.29) is 17.7 Å². The van der Waals surface area contributed by atoms with Gasteiger partial charge in [-0.15, -0.1) is 0 Å². The number of halogens is 1. The summed E-state index contributed by atoms with van der Waals surface area (Å²) in [5.74, 6) is -0.226. The number of ether oxygens (including phenoxy) is 1. The van der Waals surface area contributed by atoms with Crippen LogP contribution in [0.4, 0.5) is 10.1 Å². The summed E-state index contributed by atoms with van der Waals surface area (Å²) in [7, 11) is 0. The van der Waals surface area contributed by atoms with Gasteiger partial charge in [0, 0.05) is 11.9 Å². The summed E-state index contributed by atoms with van der Waals surface area (Å²) in [6.07, 6.45) is 1.36. The van der Waals surface area contributed by atoms with Crippen molar-refractivity contribution in [2.24, 2.45) is 0 Å². The summed E-state index contributed by atoms with van der Waals surface area (Å²) in [6, 6.07) is 3.05. The van der Waals surface area contributed by atoms with E-state index in [1.807, 2.05) is 6.92 Å². The van der Waals surface area contributed by atoms with Crippen molar-refractivity contribution >= 4 is 11.6 Å². The van der Waals surface area contributed by atoms with Crippen LogP contribution in [0.2, 0.25) is 0 Å². The predicted octanol–water partition coefficient (Wildman–Crippen LogP) is 1.59. The third kappa shape index (κ3) is 3.48. The van der Waals surface area contributed by atoms with Crippen LogP contribution in [0.1, 0.15) is 31.6 Å². The highest BCUT2D eigenvalue weighted by Crippen LogP contribution is 2.21. The molecule has 104 valence electrons. The first-order valence-electron chi connectivity index (χ1n) is 6.26. The summed E-state index contributed by atoms with van der Waals surface area (Å²) >= 11 is 0. The molecule has 3 atom stereocenters. The Bertz CT molecular complexity index is 455. The van der Waals surface area contributed by atoms with Crippen LogP contribution in [0.5, 0.6) is 0 Å². The van der Waals surface area contributed by atoms with Gasteiger partial charge >= 0.3 is 0 Å². The normalized spacial score (nSPS) is 24.2. The molecule has 2 rings (SSSR count). The highest BCUT2D eigenvalue weighted by molar-refractivity contribution is 5.94. The lowest BCUT2D eigenvalue weighted by Crippen LogP contribution is -2.27.